The second-order valence-corrected chi connectivity index (χ2v) is 10.4. The van der Waals surface area contributed by atoms with Gasteiger partial charge < -0.3 is 15.0 Å². The van der Waals surface area contributed by atoms with Crippen LogP contribution < -0.4 is 10.1 Å². The Morgan fingerprint density at radius 2 is 1.61 bits per heavy atom. The number of nitrogens with one attached hydrogen (secondary N) is 1. The van der Waals surface area contributed by atoms with Crippen molar-refractivity contribution in [2.45, 2.75) is 57.7 Å². The molecule has 1 N–H and O–H groups in total. The lowest BCUT2D eigenvalue weighted by Crippen LogP contribution is -2.53. The fraction of sp³-hybridized carbons (Fsp3) is 0.333. The molecule has 0 spiro atoms. The van der Waals surface area contributed by atoms with Crippen LogP contribution in [0.2, 0.25) is 0 Å². The molecule has 0 heterocycles. The molecule has 1 fully saturated rings. The fourth-order valence-electron chi connectivity index (χ4n) is 4.57. The zero-order valence-electron chi connectivity index (χ0n) is 20.7. The molecule has 36 heavy (non-hydrogen) atoms. The number of benzene rings is 3. The largest absolute Gasteiger partial charge is 0.484 e. The zero-order chi connectivity index (χ0) is 25.3. The van der Waals surface area contributed by atoms with Gasteiger partial charge >= 0.3 is 0 Å². The SMILES string of the molecule is Cc1ccc(CN(C(=O)COc2ccc(Br)cc2)[C@H](Cc2ccccc2)C(=O)NC2CCCC2)cc1. The normalized spacial score (nSPS) is 14.3. The number of nitrogens with zero attached hydrogens (tertiary/aromatic N) is 1. The van der Waals surface area contributed by atoms with Gasteiger partial charge in [-0.25, -0.2) is 0 Å². The standard InChI is InChI=1S/C30H33BrN2O3/c1-22-11-13-24(14-12-22)20-33(29(34)21-36-27-17-15-25(31)16-18-27)28(19-23-7-3-2-4-8-23)30(35)32-26-9-5-6-10-26/h2-4,7-8,11-18,26,28H,5-6,9-10,19-21H2,1H3,(H,32,35)/t28-/m1/s1. The molecule has 1 aliphatic carbocycles. The Morgan fingerprint density at radius 3 is 2.28 bits per heavy atom. The van der Waals surface area contributed by atoms with E-state index in [9.17, 15) is 9.59 Å². The molecule has 3 aromatic rings. The highest BCUT2D eigenvalue weighted by Gasteiger charge is 2.32. The van der Waals surface area contributed by atoms with Gasteiger partial charge in [-0.05, 0) is 55.2 Å². The van der Waals surface area contributed by atoms with Gasteiger partial charge in [0.15, 0.2) is 6.61 Å². The van der Waals surface area contributed by atoms with E-state index in [0.29, 0.717) is 18.7 Å². The molecule has 2 amide bonds. The first-order valence-corrected chi connectivity index (χ1v) is 13.3. The van der Waals surface area contributed by atoms with Crippen LogP contribution in [0, 0.1) is 6.92 Å². The molecule has 5 nitrogen and oxygen atoms in total. The Labute approximate surface area is 222 Å². The van der Waals surface area contributed by atoms with E-state index in [1.807, 2.05) is 85.8 Å². The highest BCUT2D eigenvalue weighted by Crippen LogP contribution is 2.21. The number of hydrogen-bond donors (Lipinski definition) is 1. The second-order valence-electron chi connectivity index (χ2n) is 9.45. The molecule has 0 aromatic heterocycles. The minimum absolute atomic E-state index is 0.102. The number of amides is 2. The molecule has 1 saturated carbocycles. The third-order valence-electron chi connectivity index (χ3n) is 6.62. The molecule has 4 rings (SSSR count). The lowest BCUT2D eigenvalue weighted by Gasteiger charge is -2.32. The average molecular weight is 550 g/mol. The summed E-state index contributed by atoms with van der Waals surface area (Å²) in [4.78, 5) is 29.0. The molecule has 1 aliphatic rings. The van der Waals surface area contributed by atoms with Gasteiger partial charge in [-0.15, -0.1) is 0 Å². The topological polar surface area (TPSA) is 58.6 Å². The number of carbonyl (C=O) groups is 2. The monoisotopic (exact) mass is 548 g/mol. The number of carbonyl (C=O) groups excluding carboxylic acids is 2. The molecular weight excluding hydrogens is 516 g/mol. The number of ether oxygens (including phenoxy) is 1. The van der Waals surface area contributed by atoms with Crippen molar-refractivity contribution in [3.05, 3.63) is 100 Å². The number of aryl methyl sites for hydroxylation is 1. The van der Waals surface area contributed by atoms with Crippen LogP contribution in [-0.4, -0.2) is 35.4 Å². The second kappa shape index (κ2) is 12.7. The molecule has 6 heteroatoms. The van der Waals surface area contributed by atoms with Crippen molar-refractivity contribution in [1.82, 2.24) is 10.2 Å². The van der Waals surface area contributed by atoms with Gasteiger partial charge in [0.05, 0.1) is 0 Å². The summed E-state index contributed by atoms with van der Waals surface area (Å²) in [5.41, 5.74) is 3.14. The van der Waals surface area contributed by atoms with E-state index in [2.05, 4.69) is 21.2 Å². The van der Waals surface area contributed by atoms with Crippen LogP contribution in [0.1, 0.15) is 42.4 Å². The molecule has 0 bridgehead atoms. The van der Waals surface area contributed by atoms with E-state index in [-0.39, 0.29) is 24.5 Å². The first kappa shape index (κ1) is 26.0. The highest BCUT2D eigenvalue weighted by atomic mass is 79.9. The van der Waals surface area contributed by atoms with E-state index in [0.717, 1.165) is 46.8 Å². The van der Waals surface area contributed by atoms with Gasteiger partial charge in [-0.2, -0.15) is 0 Å². The van der Waals surface area contributed by atoms with Gasteiger partial charge in [0.25, 0.3) is 5.91 Å². The van der Waals surface area contributed by atoms with Gasteiger partial charge in [0.2, 0.25) is 5.91 Å². The van der Waals surface area contributed by atoms with Crippen LogP contribution in [0.15, 0.2) is 83.3 Å². The third kappa shape index (κ3) is 7.44. The molecule has 0 saturated heterocycles. The molecule has 0 radical (unpaired) electrons. The third-order valence-corrected chi connectivity index (χ3v) is 7.15. The summed E-state index contributed by atoms with van der Waals surface area (Å²) in [5, 5.41) is 3.23. The summed E-state index contributed by atoms with van der Waals surface area (Å²) in [6.45, 7) is 2.22. The molecular formula is C30H33BrN2O3. The quantitative estimate of drug-likeness (QED) is 0.346. The van der Waals surface area contributed by atoms with Crippen molar-refractivity contribution in [2.24, 2.45) is 0 Å². The van der Waals surface area contributed by atoms with Crippen molar-refractivity contribution in [2.75, 3.05) is 6.61 Å². The Hall–Kier alpha value is -3.12. The van der Waals surface area contributed by atoms with Crippen LogP contribution in [0.5, 0.6) is 5.75 Å². The molecule has 3 aromatic carbocycles. The summed E-state index contributed by atoms with van der Waals surface area (Å²) >= 11 is 3.42. The van der Waals surface area contributed by atoms with Crippen LogP contribution in [-0.2, 0) is 22.6 Å². The van der Waals surface area contributed by atoms with Crippen molar-refractivity contribution in [3.63, 3.8) is 0 Å². The number of hydrogen-bond acceptors (Lipinski definition) is 3. The first-order chi connectivity index (χ1) is 17.5. The average Bonchev–Trinajstić information content (AvgIpc) is 3.40. The summed E-state index contributed by atoms with van der Waals surface area (Å²) in [5.74, 6) is 0.285. The molecule has 0 aliphatic heterocycles. The van der Waals surface area contributed by atoms with Crippen LogP contribution in [0.4, 0.5) is 0 Å². The van der Waals surface area contributed by atoms with Crippen molar-refractivity contribution < 1.29 is 14.3 Å². The Kier molecular flexibility index (Phi) is 9.17. The lowest BCUT2D eigenvalue weighted by molar-refractivity contribution is -0.143. The maximum atomic E-state index is 13.7. The molecule has 0 unspecified atom stereocenters. The Bertz CT molecular complexity index is 1130. The van der Waals surface area contributed by atoms with E-state index < -0.39 is 6.04 Å². The minimum atomic E-state index is -0.643. The summed E-state index contributed by atoms with van der Waals surface area (Å²) < 4.78 is 6.77. The lowest BCUT2D eigenvalue weighted by atomic mass is 10.0. The summed E-state index contributed by atoms with van der Waals surface area (Å²) in [6, 6.07) is 24.9. The van der Waals surface area contributed by atoms with Crippen molar-refractivity contribution in [3.8, 4) is 5.75 Å². The van der Waals surface area contributed by atoms with E-state index in [1.54, 1.807) is 4.90 Å². The van der Waals surface area contributed by atoms with E-state index in [4.69, 9.17) is 4.74 Å². The number of rotatable bonds is 10. The first-order valence-electron chi connectivity index (χ1n) is 12.6. The molecule has 1 atom stereocenters. The minimum Gasteiger partial charge on any atom is -0.484 e. The van der Waals surface area contributed by atoms with Gasteiger partial charge in [0.1, 0.15) is 11.8 Å². The Balaban J connectivity index is 1.59. The summed E-state index contributed by atoms with van der Waals surface area (Å²) in [7, 11) is 0. The van der Waals surface area contributed by atoms with Gasteiger partial charge in [0, 0.05) is 23.5 Å². The maximum Gasteiger partial charge on any atom is 0.261 e. The molecule has 188 valence electrons. The van der Waals surface area contributed by atoms with Crippen molar-refractivity contribution in [1.29, 1.82) is 0 Å². The predicted octanol–water partition coefficient (Wildman–Crippen LogP) is 5.84. The van der Waals surface area contributed by atoms with Gasteiger partial charge in [-0.3, -0.25) is 9.59 Å². The van der Waals surface area contributed by atoms with Crippen molar-refractivity contribution >= 4 is 27.7 Å². The smallest absolute Gasteiger partial charge is 0.261 e. The van der Waals surface area contributed by atoms with E-state index >= 15 is 0 Å². The summed E-state index contributed by atoms with van der Waals surface area (Å²) in [6.07, 6.45) is 4.67. The highest BCUT2D eigenvalue weighted by molar-refractivity contribution is 9.10. The zero-order valence-corrected chi connectivity index (χ0v) is 22.2. The fourth-order valence-corrected chi connectivity index (χ4v) is 4.83. The number of halogens is 1. The predicted molar refractivity (Wildman–Crippen MR) is 146 cm³/mol. The Morgan fingerprint density at radius 1 is 0.944 bits per heavy atom. The van der Waals surface area contributed by atoms with Crippen LogP contribution in [0.25, 0.3) is 0 Å². The van der Waals surface area contributed by atoms with Crippen LogP contribution in [0.3, 0.4) is 0 Å². The van der Waals surface area contributed by atoms with E-state index in [1.165, 1.54) is 0 Å². The van der Waals surface area contributed by atoms with Gasteiger partial charge in [-0.1, -0.05) is 88.9 Å². The maximum absolute atomic E-state index is 13.7. The van der Waals surface area contributed by atoms with Crippen LogP contribution >= 0.6 is 15.9 Å².